The largest absolute Gasteiger partial charge is 0.481 e. The Morgan fingerprint density at radius 1 is 1.52 bits per heavy atom. The summed E-state index contributed by atoms with van der Waals surface area (Å²) in [6.07, 6.45) is 2.09. The molecule has 0 unspecified atom stereocenters. The summed E-state index contributed by atoms with van der Waals surface area (Å²) < 4.78 is 1.18. The van der Waals surface area contributed by atoms with E-state index in [0.29, 0.717) is 6.54 Å². The van der Waals surface area contributed by atoms with Crippen molar-refractivity contribution in [3.05, 3.63) is 22.5 Å². The molecule has 0 aromatic carbocycles. The summed E-state index contributed by atoms with van der Waals surface area (Å²) in [6.45, 7) is 4.21. The van der Waals surface area contributed by atoms with Crippen molar-refractivity contribution >= 4 is 17.6 Å². The molecule has 0 atom stereocenters. The van der Waals surface area contributed by atoms with Gasteiger partial charge in [-0.3, -0.25) is 24.4 Å². The lowest BCUT2D eigenvalue weighted by Gasteiger charge is -2.23. The molecule has 1 aromatic heterocycles. The van der Waals surface area contributed by atoms with Crippen LogP contribution < -0.4 is 0 Å². The minimum absolute atomic E-state index is 0.107. The number of nitro groups is 1. The quantitative estimate of drug-likeness (QED) is 0.558. The van der Waals surface area contributed by atoms with E-state index in [2.05, 4.69) is 5.10 Å². The van der Waals surface area contributed by atoms with E-state index < -0.39 is 10.9 Å². The fraction of sp³-hybridized carbons (Fsp3) is 0.583. The maximum absolute atomic E-state index is 12.1. The maximum Gasteiger partial charge on any atom is 0.307 e. The molecule has 0 spiro atoms. The zero-order valence-electron chi connectivity index (χ0n) is 11.9. The summed E-state index contributed by atoms with van der Waals surface area (Å²) in [5.74, 6) is -1.11. The van der Waals surface area contributed by atoms with Gasteiger partial charge in [0.05, 0.1) is 11.3 Å². The highest BCUT2D eigenvalue weighted by Gasteiger charge is 2.18. The molecule has 0 saturated heterocycles. The number of carbonyl (C=O) groups excluding carboxylic acids is 1. The molecule has 116 valence electrons. The lowest BCUT2D eigenvalue weighted by molar-refractivity contribution is -0.385. The third kappa shape index (κ3) is 5.59. The minimum atomic E-state index is -0.980. The summed E-state index contributed by atoms with van der Waals surface area (Å²) in [6, 6.07) is 0. The van der Waals surface area contributed by atoms with E-state index in [1.807, 2.05) is 13.8 Å². The highest BCUT2D eigenvalue weighted by atomic mass is 16.6. The van der Waals surface area contributed by atoms with Gasteiger partial charge in [-0.1, -0.05) is 13.8 Å². The standard InChI is InChI=1S/C12H18N4O5/c1-9(2)6-14(4-3-12(18)19)11(17)8-15-7-10(5-13-15)16(20)21/h5,7,9H,3-4,6,8H2,1-2H3,(H,18,19). The number of hydrogen-bond donors (Lipinski definition) is 1. The molecule has 0 aliphatic heterocycles. The van der Waals surface area contributed by atoms with Crippen LogP contribution in [-0.4, -0.2) is 49.7 Å². The molecule has 9 nitrogen and oxygen atoms in total. The Morgan fingerprint density at radius 3 is 2.67 bits per heavy atom. The Hall–Kier alpha value is -2.45. The topological polar surface area (TPSA) is 119 Å². The predicted molar refractivity (Wildman–Crippen MR) is 72.6 cm³/mol. The number of carbonyl (C=O) groups is 2. The average Bonchev–Trinajstić information content (AvgIpc) is 2.82. The third-order valence-electron chi connectivity index (χ3n) is 2.66. The number of hydrogen-bond acceptors (Lipinski definition) is 5. The SMILES string of the molecule is CC(C)CN(CCC(=O)O)C(=O)Cn1cc([N+](=O)[O-])cn1. The number of aromatic nitrogens is 2. The fourth-order valence-electron chi connectivity index (χ4n) is 1.76. The smallest absolute Gasteiger partial charge is 0.307 e. The van der Waals surface area contributed by atoms with Crippen molar-refractivity contribution in [3.63, 3.8) is 0 Å². The summed E-state index contributed by atoms with van der Waals surface area (Å²) in [5, 5.41) is 23.0. The van der Waals surface area contributed by atoms with Crippen LogP contribution in [0.2, 0.25) is 0 Å². The number of aliphatic carboxylic acids is 1. The molecule has 1 aromatic rings. The van der Waals surface area contributed by atoms with Gasteiger partial charge in [0, 0.05) is 13.1 Å². The van der Waals surface area contributed by atoms with Crippen LogP contribution in [0.25, 0.3) is 0 Å². The zero-order chi connectivity index (χ0) is 16.0. The van der Waals surface area contributed by atoms with Crippen molar-refractivity contribution in [1.29, 1.82) is 0 Å². The van der Waals surface area contributed by atoms with Crippen LogP contribution in [0.15, 0.2) is 12.4 Å². The van der Waals surface area contributed by atoms with Crippen molar-refractivity contribution in [3.8, 4) is 0 Å². The number of rotatable bonds is 8. The molecule has 1 rings (SSSR count). The summed E-state index contributed by atoms with van der Waals surface area (Å²) in [7, 11) is 0. The zero-order valence-corrected chi connectivity index (χ0v) is 11.9. The van der Waals surface area contributed by atoms with Gasteiger partial charge in [0.25, 0.3) is 0 Å². The number of nitrogens with zero attached hydrogens (tertiary/aromatic N) is 4. The lowest BCUT2D eigenvalue weighted by atomic mass is 10.2. The van der Waals surface area contributed by atoms with Crippen LogP contribution in [0, 0.1) is 16.0 Å². The molecule has 0 aliphatic carbocycles. The molecule has 9 heteroatoms. The summed E-state index contributed by atoms with van der Waals surface area (Å²) in [4.78, 5) is 34.2. The van der Waals surface area contributed by atoms with Gasteiger partial charge in [-0.05, 0) is 5.92 Å². The minimum Gasteiger partial charge on any atom is -0.481 e. The van der Waals surface area contributed by atoms with Gasteiger partial charge in [0.2, 0.25) is 5.91 Å². The van der Waals surface area contributed by atoms with E-state index in [-0.39, 0.29) is 37.0 Å². The van der Waals surface area contributed by atoms with Crippen LogP contribution >= 0.6 is 0 Å². The van der Waals surface area contributed by atoms with E-state index in [4.69, 9.17) is 5.11 Å². The first-order chi connectivity index (χ1) is 9.79. The van der Waals surface area contributed by atoms with Crippen molar-refractivity contribution in [2.75, 3.05) is 13.1 Å². The number of carboxylic acids is 1. The molecule has 1 heterocycles. The van der Waals surface area contributed by atoms with Crippen molar-refractivity contribution in [1.82, 2.24) is 14.7 Å². The Morgan fingerprint density at radius 2 is 2.19 bits per heavy atom. The van der Waals surface area contributed by atoms with E-state index in [0.717, 1.165) is 6.20 Å². The number of carboxylic acid groups (broad SMARTS) is 1. The molecule has 0 radical (unpaired) electrons. The van der Waals surface area contributed by atoms with Crippen LogP contribution in [0.5, 0.6) is 0 Å². The molecular formula is C12H18N4O5. The van der Waals surface area contributed by atoms with Crippen LogP contribution in [0.4, 0.5) is 5.69 Å². The highest BCUT2D eigenvalue weighted by Crippen LogP contribution is 2.09. The van der Waals surface area contributed by atoms with Gasteiger partial charge in [-0.15, -0.1) is 0 Å². The van der Waals surface area contributed by atoms with Gasteiger partial charge in [-0.25, -0.2) is 0 Å². The molecule has 1 amide bonds. The van der Waals surface area contributed by atoms with E-state index in [1.54, 1.807) is 0 Å². The van der Waals surface area contributed by atoms with E-state index in [1.165, 1.54) is 15.8 Å². The maximum atomic E-state index is 12.1. The Bertz CT molecular complexity index is 525. The molecule has 0 aliphatic rings. The monoisotopic (exact) mass is 298 g/mol. The van der Waals surface area contributed by atoms with Gasteiger partial charge in [0.15, 0.2) is 0 Å². The van der Waals surface area contributed by atoms with Crippen LogP contribution in [0.1, 0.15) is 20.3 Å². The Balaban J connectivity index is 2.69. The second-order valence-electron chi connectivity index (χ2n) is 5.03. The normalized spacial score (nSPS) is 10.6. The molecule has 1 N–H and O–H groups in total. The summed E-state index contributed by atoms with van der Waals surface area (Å²) in [5.41, 5.74) is -0.191. The first-order valence-electron chi connectivity index (χ1n) is 6.46. The van der Waals surface area contributed by atoms with E-state index in [9.17, 15) is 19.7 Å². The van der Waals surface area contributed by atoms with Crippen molar-refractivity contribution in [2.45, 2.75) is 26.8 Å². The predicted octanol–water partition coefficient (Wildman–Crippen LogP) is 0.751. The highest BCUT2D eigenvalue weighted by molar-refractivity contribution is 5.76. The van der Waals surface area contributed by atoms with Crippen molar-refractivity contribution in [2.24, 2.45) is 5.92 Å². The summed E-state index contributed by atoms with van der Waals surface area (Å²) >= 11 is 0. The van der Waals surface area contributed by atoms with E-state index >= 15 is 0 Å². The molecule has 21 heavy (non-hydrogen) atoms. The molecular weight excluding hydrogens is 280 g/mol. The first kappa shape index (κ1) is 16.6. The van der Waals surface area contributed by atoms with Gasteiger partial charge < -0.3 is 10.0 Å². The van der Waals surface area contributed by atoms with Gasteiger partial charge >= 0.3 is 11.7 Å². The van der Waals surface area contributed by atoms with Gasteiger partial charge in [0.1, 0.15) is 18.9 Å². The molecule has 0 saturated carbocycles. The second kappa shape index (κ2) is 7.36. The van der Waals surface area contributed by atoms with Crippen LogP contribution in [-0.2, 0) is 16.1 Å². The van der Waals surface area contributed by atoms with Crippen molar-refractivity contribution < 1.29 is 19.6 Å². The third-order valence-corrected chi connectivity index (χ3v) is 2.66. The average molecular weight is 298 g/mol. The molecule has 0 bridgehead atoms. The lowest BCUT2D eigenvalue weighted by Crippen LogP contribution is -2.38. The first-order valence-corrected chi connectivity index (χ1v) is 6.46. The van der Waals surface area contributed by atoms with Crippen LogP contribution in [0.3, 0.4) is 0 Å². The van der Waals surface area contributed by atoms with Gasteiger partial charge in [-0.2, -0.15) is 5.10 Å². The fourth-order valence-corrected chi connectivity index (χ4v) is 1.76. The number of amides is 1. The molecule has 0 fully saturated rings. The Kier molecular flexibility index (Phi) is 5.82. The second-order valence-corrected chi connectivity index (χ2v) is 5.03. The Labute approximate surface area is 121 Å².